The number of halogens is 3. The standard InChI is InChI=1S/C21H23F3N2O3/c1-13-9-25-10-14(2)26(13)21(27)29-12-16-7-18(5-6-19(16)23)28-11-15-3-4-17(22)8-20(15)24/h3-8,13-14,25H,9-12H2,1-2H3. The molecule has 1 saturated heterocycles. The molecule has 1 N–H and O–H groups in total. The molecule has 3 rings (SSSR count). The van der Waals surface area contributed by atoms with Crippen LogP contribution in [0.5, 0.6) is 5.75 Å². The second-order valence-corrected chi connectivity index (χ2v) is 7.10. The largest absolute Gasteiger partial charge is 0.489 e. The number of hydrogen-bond donors (Lipinski definition) is 1. The summed E-state index contributed by atoms with van der Waals surface area (Å²) in [7, 11) is 0. The third-order valence-corrected chi connectivity index (χ3v) is 4.82. The van der Waals surface area contributed by atoms with Crippen molar-refractivity contribution in [1.29, 1.82) is 0 Å². The van der Waals surface area contributed by atoms with E-state index in [1.54, 1.807) is 4.90 Å². The van der Waals surface area contributed by atoms with Crippen LogP contribution >= 0.6 is 0 Å². The SMILES string of the molecule is CC1CNCC(C)N1C(=O)OCc1cc(OCc2ccc(F)cc2F)ccc1F. The molecule has 1 heterocycles. The Morgan fingerprint density at radius 3 is 2.41 bits per heavy atom. The Balaban J connectivity index is 1.62. The highest BCUT2D eigenvalue weighted by Crippen LogP contribution is 2.21. The van der Waals surface area contributed by atoms with Crippen molar-refractivity contribution in [2.45, 2.75) is 39.1 Å². The number of hydrogen-bond acceptors (Lipinski definition) is 4. The van der Waals surface area contributed by atoms with Crippen LogP contribution in [0.2, 0.25) is 0 Å². The second-order valence-electron chi connectivity index (χ2n) is 7.10. The number of nitrogens with zero attached hydrogens (tertiary/aromatic N) is 1. The Bertz CT molecular complexity index is 868. The number of carbonyl (C=O) groups is 1. The van der Waals surface area contributed by atoms with E-state index < -0.39 is 23.5 Å². The molecule has 5 nitrogen and oxygen atoms in total. The summed E-state index contributed by atoms with van der Waals surface area (Å²) in [6, 6.07) is 7.11. The average Bonchev–Trinajstić information content (AvgIpc) is 2.67. The molecule has 0 spiro atoms. The van der Waals surface area contributed by atoms with Crippen LogP contribution in [0.15, 0.2) is 36.4 Å². The first-order chi connectivity index (χ1) is 13.8. The first kappa shape index (κ1) is 21.0. The molecule has 156 valence electrons. The van der Waals surface area contributed by atoms with Crippen LogP contribution in [0.3, 0.4) is 0 Å². The molecule has 2 aromatic carbocycles. The van der Waals surface area contributed by atoms with Crippen LogP contribution in [0.1, 0.15) is 25.0 Å². The van der Waals surface area contributed by atoms with Crippen molar-refractivity contribution in [3.63, 3.8) is 0 Å². The van der Waals surface area contributed by atoms with Crippen molar-refractivity contribution < 1.29 is 27.4 Å². The molecule has 1 fully saturated rings. The molecule has 29 heavy (non-hydrogen) atoms. The van der Waals surface area contributed by atoms with E-state index in [4.69, 9.17) is 9.47 Å². The molecule has 1 amide bonds. The summed E-state index contributed by atoms with van der Waals surface area (Å²) in [4.78, 5) is 14.0. The predicted octanol–water partition coefficient (Wildman–Crippen LogP) is 4.00. The molecular formula is C21H23F3N2O3. The maximum Gasteiger partial charge on any atom is 0.410 e. The summed E-state index contributed by atoms with van der Waals surface area (Å²) in [5, 5.41) is 3.22. The van der Waals surface area contributed by atoms with Crippen molar-refractivity contribution in [1.82, 2.24) is 10.2 Å². The lowest BCUT2D eigenvalue weighted by atomic mass is 10.1. The number of piperazine rings is 1. The van der Waals surface area contributed by atoms with Gasteiger partial charge in [0, 0.05) is 42.4 Å². The van der Waals surface area contributed by atoms with E-state index in [2.05, 4.69) is 5.32 Å². The first-order valence-corrected chi connectivity index (χ1v) is 9.36. The Morgan fingerprint density at radius 2 is 1.72 bits per heavy atom. The number of amides is 1. The highest BCUT2D eigenvalue weighted by atomic mass is 19.1. The van der Waals surface area contributed by atoms with Gasteiger partial charge in [-0.25, -0.2) is 18.0 Å². The maximum absolute atomic E-state index is 14.1. The quantitative estimate of drug-likeness (QED) is 0.813. The van der Waals surface area contributed by atoms with Gasteiger partial charge in [-0.3, -0.25) is 0 Å². The Kier molecular flexibility index (Phi) is 6.64. The average molecular weight is 408 g/mol. The number of nitrogens with one attached hydrogen (secondary N) is 1. The van der Waals surface area contributed by atoms with E-state index in [1.165, 1.54) is 24.3 Å². The van der Waals surface area contributed by atoms with Crippen LogP contribution < -0.4 is 10.1 Å². The molecule has 0 aromatic heterocycles. The maximum atomic E-state index is 14.1. The zero-order chi connectivity index (χ0) is 21.0. The Hall–Kier alpha value is -2.74. The normalized spacial score (nSPS) is 19.1. The van der Waals surface area contributed by atoms with Gasteiger partial charge < -0.3 is 19.7 Å². The Morgan fingerprint density at radius 1 is 1.00 bits per heavy atom. The van der Waals surface area contributed by atoms with Crippen molar-refractivity contribution in [2.24, 2.45) is 0 Å². The lowest BCUT2D eigenvalue weighted by Crippen LogP contribution is -2.57. The van der Waals surface area contributed by atoms with Crippen LogP contribution in [-0.2, 0) is 18.0 Å². The van der Waals surface area contributed by atoms with Gasteiger partial charge in [-0.05, 0) is 44.2 Å². The smallest absolute Gasteiger partial charge is 0.410 e. The molecule has 2 unspecified atom stereocenters. The summed E-state index contributed by atoms with van der Waals surface area (Å²) >= 11 is 0. The molecule has 0 radical (unpaired) electrons. The van der Waals surface area contributed by atoms with E-state index in [1.807, 2.05) is 13.8 Å². The molecule has 2 aromatic rings. The van der Waals surface area contributed by atoms with E-state index >= 15 is 0 Å². The van der Waals surface area contributed by atoms with Gasteiger partial charge in [0.2, 0.25) is 0 Å². The highest BCUT2D eigenvalue weighted by Gasteiger charge is 2.30. The highest BCUT2D eigenvalue weighted by molar-refractivity contribution is 5.68. The molecule has 1 aliphatic rings. The lowest BCUT2D eigenvalue weighted by molar-refractivity contribution is 0.0557. The summed E-state index contributed by atoms with van der Waals surface area (Å²) in [6.45, 7) is 4.75. The molecular weight excluding hydrogens is 385 g/mol. The summed E-state index contributed by atoms with van der Waals surface area (Å²) < 4.78 is 51.6. The van der Waals surface area contributed by atoms with Crippen molar-refractivity contribution in [3.05, 3.63) is 65.0 Å². The van der Waals surface area contributed by atoms with Gasteiger partial charge in [-0.1, -0.05) is 0 Å². The van der Waals surface area contributed by atoms with Gasteiger partial charge in [0.15, 0.2) is 0 Å². The fourth-order valence-corrected chi connectivity index (χ4v) is 3.26. The second kappa shape index (κ2) is 9.17. The monoisotopic (exact) mass is 408 g/mol. The first-order valence-electron chi connectivity index (χ1n) is 9.36. The van der Waals surface area contributed by atoms with Gasteiger partial charge in [0.25, 0.3) is 0 Å². The van der Waals surface area contributed by atoms with Gasteiger partial charge in [0.05, 0.1) is 0 Å². The van der Waals surface area contributed by atoms with Crippen molar-refractivity contribution in [2.75, 3.05) is 13.1 Å². The molecule has 1 aliphatic heterocycles. The topological polar surface area (TPSA) is 50.8 Å². The molecule has 0 aliphatic carbocycles. The summed E-state index contributed by atoms with van der Waals surface area (Å²) in [5.41, 5.74) is 0.316. The van der Waals surface area contributed by atoms with Gasteiger partial charge in [0.1, 0.15) is 36.4 Å². The number of rotatable bonds is 5. The third kappa shape index (κ3) is 5.20. The molecule has 8 heteroatoms. The molecule has 0 saturated carbocycles. The molecule has 2 atom stereocenters. The van der Waals surface area contributed by atoms with Crippen LogP contribution in [-0.4, -0.2) is 36.2 Å². The fourth-order valence-electron chi connectivity index (χ4n) is 3.26. The number of benzene rings is 2. The Labute approximate surface area is 167 Å². The molecule has 0 bridgehead atoms. The minimum absolute atomic E-state index is 0.0311. The van der Waals surface area contributed by atoms with Crippen LogP contribution in [0, 0.1) is 17.5 Å². The van der Waals surface area contributed by atoms with Crippen LogP contribution in [0.25, 0.3) is 0 Å². The lowest BCUT2D eigenvalue weighted by Gasteiger charge is -2.38. The van der Waals surface area contributed by atoms with Gasteiger partial charge >= 0.3 is 6.09 Å². The van der Waals surface area contributed by atoms with E-state index in [9.17, 15) is 18.0 Å². The van der Waals surface area contributed by atoms with Crippen molar-refractivity contribution >= 4 is 6.09 Å². The summed E-state index contributed by atoms with van der Waals surface area (Å²) in [6.07, 6.45) is -0.509. The summed E-state index contributed by atoms with van der Waals surface area (Å²) in [5.74, 6) is -1.66. The zero-order valence-corrected chi connectivity index (χ0v) is 16.3. The minimum atomic E-state index is -0.722. The van der Waals surface area contributed by atoms with Gasteiger partial charge in [-0.2, -0.15) is 0 Å². The van der Waals surface area contributed by atoms with Gasteiger partial charge in [-0.15, -0.1) is 0 Å². The predicted molar refractivity (Wildman–Crippen MR) is 101 cm³/mol. The van der Waals surface area contributed by atoms with Crippen molar-refractivity contribution in [3.8, 4) is 5.75 Å². The fraction of sp³-hybridized carbons (Fsp3) is 0.381. The number of carbonyl (C=O) groups excluding carboxylic acids is 1. The van der Waals surface area contributed by atoms with E-state index in [-0.39, 0.29) is 42.2 Å². The number of ether oxygens (including phenoxy) is 2. The minimum Gasteiger partial charge on any atom is -0.489 e. The van der Waals surface area contributed by atoms with E-state index in [0.29, 0.717) is 13.1 Å². The zero-order valence-electron chi connectivity index (χ0n) is 16.3. The van der Waals surface area contributed by atoms with Crippen LogP contribution in [0.4, 0.5) is 18.0 Å². The van der Waals surface area contributed by atoms with E-state index in [0.717, 1.165) is 12.1 Å². The third-order valence-electron chi connectivity index (χ3n) is 4.82.